The van der Waals surface area contributed by atoms with Crippen molar-refractivity contribution in [2.45, 2.75) is 43.7 Å². The molecule has 192 valence electrons. The van der Waals surface area contributed by atoms with E-state index in [1.54, 1.807) is 47.1 Å². The number of amides is 1. The zero-order chi connectivity index (χ0) is 26.0. The first kappa shape index (κ1) is 26.5. The lowest BCUT2D eigenvalue weighted by molar-refractivity contribution is 0.0172. The van der Waals surface area contributed by atoms with Gasteiger partial charge in [-0.15, -0.1) is 0 Å². The maximum absolute atomic E-state index is 13.3. The van der Waals surface area contributed by atoms with Crippen molar-refractivity contribution in [3.05, 3.63) is 41.5 Å². The summed E-state index contributed by atoms with van der Waals surface area (Å²) < 4.78 is 53.8. The number of sulfone groups is 1. The molecule has 0 saturated carbocycles. The van der Waals surface area contributed by atoms with Crippen molar-refractivity contribution in [1.82, 2.24) is 4.90 Å². The van der Waals surface area contributed by atoms with E-state index in [1.165, 1.54) is 25.2 Å². The number of hydrogen-bond donors (Lipinski definition) is 0. The van der Waals surface area contributed by atoms with Gasteiger partial charge in [0.1, 0.15) is 5.60 Å². The molecule has 0 saturated heterocycles. The molecule has 0 aliphatic carbocycles. The van der Waals surface area contributed by atoms with Gasteiger partial charge in [0.15, 0.2) is 32.8 Å². The number of carbonyl (C=O) groups excluding carboxylic acids is 1. The van der Waals surface area contributed by atoms with Crippen LogP contribution < -0.4 is 18.9 Å². The summed E-state index contributed by atoms with van der Waals surface area (Å²) in [4.78, 5) is 14.9. The van der Waals surface area contributed by atoms with Crippen LogP contribution in [0.3, 0.4) is 0 Å². The maximum Gasteiger partial charge on any atom is 0.410 e. The minimum absolute atomic E-state index is 0.0332. The van der Waals surface area contributed by atoms with Crippen LogP contribution >= 0.6 is 0 Å². The molecule has 0 N–H and O–H groups in total. The summed E-state index contributed by atoms with van der Waals surface area (Å²) in [5.41, 5.74) is 0.498. The summed E-state index contributed by atoms with van der Waals surface area (Å²) in [7, 11) is 2.29. The molecule has 2 aromatic carbocycles. The Labute approximate surface area is 206 Å². The van der Waals surface area contributed by atoms with E-state index < -0.39 is 27.6 Å². The van der Waals surface area contributed by atoms with Gasteiger partial charge in [-0.05, 0) is 56.5 Å². The first-order chi connectivity index (χ1) is 16.4. The normalized spacial score (nSPS) is 17.1. The van der Waals surface area contributed by atoms with Crippen LogP contribution in [0.15, 0.2) is 35.2 Å². The molecule has 1 amide bonds. The van der Waals surface area contributed by atoms with Crippen molar-refractivity contribution < 1.29 is 36.9 Å². The van der Waals surface area contributed by atoms with Crippen molar-refractivity contribution >= 4 is 15.9 Å². The molecule has 2 aromatic rings. The first-order valence-electron chi connectivity index (χ1n) is 11.1. The highest BCUT2D eigenvalue weighted by Crippen LogP contribution is 2.41. The zero-order valence-corrected chi connectivity index (χ0v) is 22.0. The van der Waals surface area contributed by atoms with Crippen molar-refractivity contribution in [3.63, 3.8) is 0 Å². The number of carbonyl (C=O) groups is 1. The third-order valence-corrected chi connectivity index (χ3v) is 7.44. The van der Waals surface area contributed by atoms with Crippen molar-refractivity contribution in [2.24, 2.45) is 0 Å². The van der Waals surface area contributed by atoms with Crippen LogP contribution in [-0.4, -0.2) is 65.7 Å². The molecule has 0 bridgehead atoms. The molecule has 1 aliphatic rings. The van der Waals surface area contributed by atoms with Gasteiger partial charge >= 0.3 is 6.09 Å². The van der Waals surface area contributed by atoms with Gasteiger partial charge in [-0.1, -0.05) is 6.07 Å². The fraction of sp³-hybridized carbons (Fsp3) is 0.480. The van der Waals surface area contributed by atoms with Gasteiger partial charge in [-0.3, -0.25) is 4.90 Å². The van der Waals surface area contributed by atoms with E-state index >= 15 is 0 Å². The number of benzene rings is 2. The Hall–Kier alpha value is -3.14. The highest BCUT2D eigenvalue weighted by molar-refractivity contribution is 7.91. The molecule has 1 heterocycles. The summed E-state index contributed by atoms with van der Waals surface area (Å²) in [5, 5.41) is 0. The molecule has 1 aliphatic heterocycles. The van der Waals surface area contributed by atoms with Crippen molar-refractivity contribution in [2.75, 3.05) is 40.7 Å². The molecule has 0 spiro atoms. The smallest absolute Gasteiger partial charge is 0.410 e. The third kappa shape index (κ3) is 5.75. The number of ether oxygens (including phenoxy) is 5. The van der Waals surface area contributed by atoms with E-state index in [0.717, 1.165) is 5.56 Å². The lowest BCUT2D eigenvalue weighted by Gasteiger charge is -2.33. The predicted molar refractivity (Wildman–Crippen MR) is 131 cm³/mol. The minimum atomic E-state index is -3.72. The molecule has 1 unspecified atom stereocenters. The number of nitrogens with zero attached hydrogens (tertiary/aromatic N) is 1. The quantitative estimate of drug-likeness (QED) is 0.578. The van der Waals surface area contributed by atoms with Crippen LogP contribution in [-0.2, 0) is 21.0 Å². The Morgan fingerprint density at radius 1 is 0.914 bits per heavy atom. The fourth-order valence-corrected chi connectivity index (χ4v) is 5.55. The van der Waals surface area contributed by atoms with Gasteiger partial charge in [-0.25, -0.2) is 13.2 Å². The second-order valence-corrected chi connectivity index (χ2v) is 11.2. The SMILES string of the molecule is COc1ccc(CC2c3cc(OC)c(OC)cc3S(=O)(=O)CCN2C(=O)OC(C)(C)C)cc1OC. The van der Waals surface area contributed by atoms with E-state index in [0.29, 0.717) is 35.0 Å². The summed E-state index contributed by atoms with van der Waals surface area (Å²) in [6.07, 6.45) is -0.293. The molecule has 0 radical (unpaired) electrons. The van der Waals surface area contributed by atoms with E-state index in [-0.39, 0.29) is 17.2 Å². The first-order valence-corrected chi connectivity index (χ1v) is 12.8. The Balaban J connectivity index is 2.21. The molecule has 9 nitrogen and oxygen atoms in total. The molecule has 3 rings (SSSR count). The molecule has 10 heteroatoms. The van der Waals surface area contributed by atoms with Crippen LogP contribution in [0.2, 0.25) is 0 Å². The summed E-state index contributed by atoms with van der Waals surface area (Å²) in [6, 6.07) is 7.87. The second kappa shape index (κ2) is 10.2. The van der Waals surface area contributed by atoms with Crippen LogP contribution in [0.4, 0.5) is 4.79 Å². The Morgan fingerprint density at radius 3 is 2.06 bits per heavy atom. The van der Waals surface area contributed by atoms with Gasteiger partial charge in [0.25, 0.3) is 0 Å². The second-order valence-electron chi connectivity index (χ2n) is 9.15. The van der Waals surface area contributed by atoms with Gasteiger partial charge in [-0.2, -0.15) is 0 Å². The number of hydrogen-bond acceptors (Lipinski definition) is 8. The number of methoxy groups -OCH3 is 4. The number of rotatable bonds is 6. The average Bonchev–Trinajstić information content (AvgIpc) is 2.90. The molecular formula is C25H33NO8S. The van der Waals surface area contributed by atoms with Crippen molar-refractivity contribution in [1.29, 1.82) is 0 Å². The Morgan fingerprint density at radius 2 is 1.49 bits per heavy atom. The van der Waals surface area contributed by atoms with E-state index in [4.69, 9.17) is 23.7 Å². The molecular weight excluding hydrogens is 474 g/mol. The summed E-state index contributed by atoms with van der Waals surface area (Å²) in [6.45, 7) is 5.27. The third-order valence-electron chi connectivity index (χ3n) is 5.69. The van der Waals surface area contributed by atoms with E-state index in [1.807, 2.05) is 12.1 Å². The highest BCUT2D eigenvalue weighted by atomic mass is 32.2. The van der Waals surface area contributed by atoms with Gasteiger partial charge in [0.05, 0.1) is 45.1 Å². The Kier molecular flexibility index (Phi) is 7.74. The Bertz CT molecular complexity index is 1190. The number of fused-ring (bicyclic) bond motifs is 1. The van der Waals surface area contributed by atoms with Gasteiger partial charge < -0.3 is 23.7 Å². The monoisotopic (exact) mass is 507 g/mol. The van der Waals surface area contributed by atoms with Gasteiger partial charge in [0.2, 0.25) is 0 Å². The average molecular weight is 508 g/mol. The van der Waals surface area contributed by atoms with Gasteiger partial charge in [0, 0.05) is 12.6 Å². The lowest BCUT2D eigenvalue weighted by atomic mass is 9.96. The van der Waals surface area contributed by atoms with Crippen LogP contribution in [0.5, 0.6) is 23.0 Å². The lowest BCUT2D eigenvalue weighted by Crippen LogP contribution is -2.41. The van der Waals surface area contributed by atoms with Crippen LogP contribution in [0.25, 0.3) is 0 Å². The van der Waals surface area contributed by atoms with Crippen LogP contribution in [0, 0.1) is 0 Å². The minimum Gasteiger partial charge on any atom is -0.493 e. The molecule has 1 atom stereocenters. The molecule has 35 heavy (non-hydrogen) atoms. The fourth-order valence-electron chi connectivity index (χ4n) is 4.05. The summed E-state index contributed by atoms with van der Waals surface area (Å²) >= 11 is 0. The van der Waals surface area contributed by atoms with Crippen LogP contribution in [0.1, 0.15) is 37.9 Å². The molecule has 0 aromatic heterocycles. The van der Waals surface area contributed by atoms with Crippen molar-refractivity contribution in [3.8, 4) is 23.0 Å². The van der Waals surface area contributed by atoms with E-state index in [2.05, 4.69) is 0 Å². The summed E-state index contributed by atoms with van der Waals surface area (Å²) in [5.74, 6) is 1.50. The molecule has 0 fully saturated rings. The standard InChI is InChI=1S/C25H33NO8S/c1-25(2,3)34-24(27)26-10-11-35(28,29)23-15-22(33-7)21(32-6)14-17(23)18(26)12-16-8-9-19(30-4)20(13-16)31-5/h8-9,13-15,18H,10-12H2,1-7H3. The predicted octanol–water partition coefficient (Wildman–Crippen LogP) is 4.03. The topological polar surface area (TPSA) is 101 Å². The zero-order valence-electron chi connectivity index (χ0n) is 21.2. The highest BCUT2D eigenvalue weighted by Gasteiger charge is 2.38. The van der Waals surface area contributed by atoms with E-state index in [9.17, 15) is 13.2 Å². The maximum atomic E-state index is 13.3. The largest absolute Gasteiger partial charge is 0.493 e.